The molecule has 1 N–H and O–H groups in total. The number of imidazole rings is 1. The molecule has 2 aliphatic rings. The lowest BCUT2D eigenvalue weighted by Gasteiger charge is -2.21. The Morgan fingerprint density at radius 2 is 2.30 bits per heavy atom. The van der Waals surface area contributed by atoms with Gasteiger partial charge in [-0.3, -0.25) is 10.1 Å². The third kappa shape index (κ3) is 2.89. The molecule has 2 saturated carbocycles. The van der Waals surface area contributed by atoms with Crippen LogP contribution in [0.3, 0.4) is 0 Å². The van der Waals surface area contributed by atoms with Crippen molar-refractivity contribution in [3.8, 4) is 0 Å². The molecule has 110 valence electrons. The number of hydrogen-bond acceptors (Lipinski definition) is 2. The van der Waals surface area contributed by atoms with E-state index in [9.17, 15) is 4.79 Å². The largest absolute Gasteiger partial charge is 0.317 e. The number of nitrogens with zero attached hydrogens (tertiary/aromatic N) is 2. The molecule has 2 aliphatic carbocycles. The molecule has 2 bridgehead atoms. The second-order valence-electron chi connectivity index (χ2n) is 6.98. The zero-order valence-corrected chi connectivity index (χ0v) is 12.5. The lowest BCUT2D eigenvalue weighted by atomic mass is 9.86. The van der Waals surface area contributed by atoms with Crippen LogP contribution in [0, 0.1) is 23.7 Å². The molecule has 3 atom stereocenters. The highest BCUT2D eigenvalue weighted by Crippen LogP contribution is 2.49. The Kier molecular flexibility index (Phi) is 3.81. The average molecular weight is 275 g/mol. The van der Waals surface area contributed by atoms with E-state index in [1.165, 1.54) is 25.7 Å². The van der Waals surface area contributed by atoms with Gasteiger partial charge in [-0.05, 0) is 42.9 Å². The molecule has 0 spiro atoms. The SMILES string of the molecule is CC(C)Cn1ccnc1NC(=O)C[C@H]1C[C@H]2CC[C@H]1C2. The molecule has 0 aliphatic heterocycles. The molecule has 2 fully saturated rings. The third-order valence-corrected chi connectivity index (χ3v) is 4.86. The van der Waals surface area contributed by atoms with E-state index in [4.69, 9.17) is 0 Å². The molecule has 1 heterocycles. The second kappa shape index (κ2) is 5.58. The molecule has 1 aromatic heterocycles. The number of hydrogen-bond donors (Lipinski definition) is 1. The normalized spacial score (nSPS) is 28.2. The van der Waals surface area contributed by atoms with Gasteiger partial charge in [0.15, 0.2) is 0 Å². The Hall–Kier alpha value is -1.32. The number of carbonyl (C=O) groups is 1. The van der Waals surface area contributed by atoms with Crippen LogP contribution in [0.1, 0.15) is 46.0 Å². The Labute approximate surface area is 121 Å². The Bertz CT molecular complexity index is 480. The van der Waals surface area contributed by atoms with Crippen molar-refractivity contribution in [1.82, 2.24) is 9.55 Å². The van der Waals surface area contributed by atoms with Crippen molar-refractivity contribution in [1.29, 1.82) is 0 Å². The topological polar surface area (TPSA) is 46.9 Å². The van der Waals surface area contributed by atoms with Crippen molar-refractivity contribution < 1.29 is 4.79 Å². The van der Waals surface area contributed by atoms with Gasteiger partial charge in [0.1, 0.15) is 0 Å². The molecular formula is C16H25N3O. The first kappa shape index (κ1) is 13.7. The molecule has 3 rings (SSSR count). The van der Waals surface area contributed by atoms with Crippen LogP contribution in [0.15, 0.2) is 12.4 Å². The minimum atomic E-state index is 0.138. The van der Waals surface area contributed by atoms with Crippen molar-refractivity contribution in [2.75, 3.05) is 5.32 Å². The molecule has 0 saturated heterocycles. The van der Waals surface area contributed by atoms with E-state index in [-0.39, 0.29) is 5.91 Å². The highest BCUT2D eigenvalue weighted by molar-refractivity contribution is 5.89. The summed E-state index contributed by atoms with van der Waals surface area (Å²) in [5, 5.41) is 3.00. The van der Waals surface area contributed by atoms with Crippen molar-refractivity contribution in [2.45, 2.75) is 52.5 Å². The van der Waals surface area contributed by atoms with Crippen molar-refractivity contribution >= 4 is 11.9 Å². The van der Waals surface area contributed by atoms with Gasteiger partial charge in [0, 0.05) is 25.4 Å². The Morgan fingerprint density at radius 3 is 2.95 bits per heavy atom. The minimum absolute atomic E-state index is 0.138. The van der Waals surface area contributed by atoms with Crippen LogP contribution in [-0.4, -0.2) is 15.5 Å². The number of anilines is 1. The Morgan fingerprint density at radius 1 is 1.45 bits per heavy atom. The van der Waals surface area contributed by atoms with Gasteiger partial charge in [0.2, 0.25) is 11.9 Å². The minimum Gasteiger partial charge on any atom is -0.317 e. The average Bonchev–Trinajstić information content (AvgIpc) is 3.06. The summed E-state index contributed by atoms with van der Waals surface area (Å²) in [5.41, 5.74) is 0. The standard InChI is InChI=1S/C16H25N3O/c1-11(2)10-19-6-5-17-16(19)18-15(20)9-14-8-12-3-4-13(14)7-12/h5-6,11-14H,3-4,7-10H2,1-2H3,(H,17,18,20)/t12-,13-,14+/m0/s1. The van der Waals surface area contributed by atoms with Gasteiger partial charge in [-0.25, -0.2) is 4.98 Å². The molecule has 0 unspecified atom stereocenters. The lowest BCUT2D eigenvalue weighted by molar-refractivity contribution is -0.117. The quantitative estimate of drug-likeness (QED) is 0.896. The summed E-state index contributed by atoms with van der Waals surface area (Å²) in [7, 11) is 0. The summed E-state index contributed by atoms with van der Waals surface area (Å²) < 4.78 is 2.03. The van der Waals surface area contributed by atoms with Crippen LogP contribution in [0.2, 0.25) is 0 Å². The van der Waals surface area contributed by atoms with E-state index in [1.807, 2.05) is 10.8 Å². The van der Waals surface area contributed by atoms with Gasteiger partial charge >= 0.3 is 0 Å². The number of aromatic nitrogens is 2. The van der Waals surface area contributed by atoms with Gasteiger partial charge in [-0.15, -0.1) is 0 Å². The number of amides is 1. The lowest BCUT2D eigenvalue weighted by Crippen LogP contribution is -2.22. The smallest absolute Gasteiger partial charge is 0.226 e. The summed E-state index contributed by atoms with van der Waals surface area (Å²) in [6.45, 7) is 5.23. The number of carbonyl (C=O) groups excluding carboxylic acids is 1. The Balaban J connectivity index is 1.55. The van der Waals surface area contributed by atoms with E-state index in [1.54, 1.807) is 6.20 Å². The maximum atomic E-state index is 12.2. The van der Waals surface area contributed by atoms with Crippen molar-refractivity contribution in [3.05, 3.63) is 12.4 Å². The summed E-state index contributed by atoms with van der Waals surface area (Å²) >= 11 is 0. The summed E-state index contributed by atoms with van der Waals surface area (Å²) in [6.07, 6.45) is 9.73. The molecule has 1 aromatic rings. The zero-order valence-electron chi connectivity index (χ0n) is 12.5. The van der Waals surface area contributed by atoms with Crippen LogP contribution >= 0.6 is 0 Å². The molecule has 4 nitrogen and oxygen atoms in total. The van der Waals surface area contributed by atoms with E-state index >= 15 is 0 Å². The highest BCUT2D eigenvalue weighted by atomic mass is 16.1. The molecule has 0 radical (unpaired) electrons. The molecule has 20 heavy (non-hydrogen) atoms. The van der Waals surface area contributed by atoms with Crippen LogP contribution in [0.25, 0.3) is 0 Å². The summed E-state index contributed by atoms with van der Waals surface area (Å²) in [6, 6.07) is 0. The van der Waals surface area contributed by atoms with Gasteiger partial charge in [0.05, 0.1) is 0 Å². The first-order valence-corrected chi connectivity index (χ1v) is 7.92. The highest BCUT2D eigenvalue weighted by Gasteiger charge is 2.40. The second-order valence-corrected chi connectivity index (χ2v) is 6.98. The number of nitrogens with one attached hydrogen (secondary N) is 1. The van der Waals surface area contributed by atoms with E-state index < -0.39 is 0 Å². The van der Waals surface area contributed by atoms with Gasteiger partial charge in [0.25, 0.3) is 0 Å². The van der Waals surface area contributed by atoms with Crippen LogP contribution in [0.4, 0.5) is 5.95 Å². The van der Waals surface area contributed by atoms with E-state index in [0.717, 1.165) is 18.4 Å². The zero-order chi connectivity index (χ0) is 14.1. The van der Waals surface area contributed by atoms with Gasteiger partial charge in [-0.2, -0.15) is 0 Å². The molecule has 4 heteroatoms. The van der Waals surface area contributed by atoms with Gasteiger partial charge in [-0.1, -0.05) is 20.3 Å². The molecular weight excluding hydrogens is 250 g/mol. The first-order chi connectivity index (χ1) is 9.61. The monoisotopic (exact) mass is 275 g/mol. The fourth-order valence-electron chi connectivity index (χ4n) is 4.01. The summed E-state index contributed by atoms with van der Waals surface area (Å²) in [4.78, 5) is 16.5. The first-order valence-electron chi connectivity index (χ1n) is 7.92. The number of rotatable bonds is 5. The van der Waals surface area contributed by atoms with Gasteiger partial charge < -0.3 is 4.57 Å². The maximum Gasteiger partial charge on any atom is 0.226 e. The molecule has 1 amide bonds. The van der Waals surface area contributed by atoms with Crippen molar-refractivity contribution in [3.63, 3.8) is 0 Å². The third-order valence-electron chi connectivity index (χ3n) is 4.86. The van der Waals surface area contributed by atoms with Crippen LogP contribution < -0.4 is 5.32 Å². The van der Waals surface area contributed by atoms with E-state index in [2.05, 4.69) is 24.1 Å². The van der Waals surface area contributed by atoms with Crippen molar-refractivity contribution in [2.24, 2.45) is 23.7 Å². The predicted molar refractivity (Wildman–Crippen MR) is 79.2 cm³/mol. The van der Waals surface area contributed by atoms with Crippen LogP contribution in [-0.2, 0) is 11.3 Å². The summed E-state index contributed by atoms with van der Waals surface area (Å²) in [5.74, 6) is 3.71. The predicted octanol–water partition coefficient (Wildman–Crippen LogP) is 3.30. The van der Waals surface area contributed by atoms with Crippen LogP contribution in [0.5, 0.6) is 0 Å². The molecule has 0 aromatic carbocycles. The fraction of sp³-hybridized carbons (Fsp3) is 0.750. The fourth-order valence-corrected chi connectivity index (χ4v) is 4.01. The maximum absolute atomic E-state index is 12.2. The van der Waals surface area contributed by atoms with E-state index in [0.29, 0.717) is 24.2 Å². The number of fused-ring (bicyclic) bond motifs is 2.